The molecule has 8 heteroatoms. The van der Waals surface area contributed by atoms with Crippen LogP contribution in [0.1, 0.15) is 52.7 Å². The summed E-state index contributed by atoms with van der Waals surface area (Å²) < 4.78 is 12.3. The topological polar surface area (TPSA) is 18.5 Å². The van der Waals surface area contributed by atoms with Crippen molar-refractivity contribution >= 4 is 49.1 Å². The van der Waals surface area contributed by atoms with Crippen molar-refractivity contribution in [2.75, 3.05) is 0 Å². The zero-order valence-corrected chi connectivity index (χ0v) is 33.3. The van der Waals surface area contributed by atoms with Gasteiger partial charge in [-0.25, -0.2) is 0 Å². The van der Waals surface area contributed by atoms with Gasteiger partial charge >= 0.3 is 26.2 Å². The molecule has 0 heterocycles. The summed E-state index contributed by atoms with van der Waals surface area (Å²) in [6, 6.07) is 21.5. The van der Waals surface area contributed by atoms with E-state index in [2.05, 4.69) is 141 Å². The SMILES string of the molecule is C[Si](C)O[c-]1c(C(C)(C)C)cc2ccccc21.C[Si](C)O[c-]1c(C(C)(C)C)cc2ccccc21.C[Si]C.[Cl-].[Cl-].[Zr+4]. The predicted octanol–water partition coefficient (Wildman–Crippen LogP) is 3.76. The molecule has 0 aliphatic carbocycles. The van der Waals surface area contributed by atoms with Crippen molar-refractivity contribution in [2.45, 2.75) is 91.7 Å². The molecule has 0 unspecified atom stereocenters. The van der Waals surface area contributed by atoms with E-state index in [0.717, 1.165) is 21.0 Å². The number of hydrogen-bond acceptors (Lipinski definition) is 2. The monoisotopic (exact) mass is 706 g/mol. The molecule has 0 amide bonds. The first kappa shape index (κ1) is 41.5. The first-order valence-electron chi connectivity index (χ1n) is 13.1. The molecule has 4 radical (unpaired) electrons. The molecule has 0 bridgehead atoms. The molecular formula is C32H46Cl2O2Si3Zr. The minimum absolute atomic E-state index is 0. The van der Waals surface area contributed by atoms with E-state index in [9.17, 15) is 0 Å². The van der Waals surface area contributed by atoms with Crippen LogP contribution in [0.25, 0.3) is 21.5 Å². The van der Waals surface area contributed by atoms with E-state index >= 15 is 0 Å². The summed E-state index contributed by atoms with van der Waals surface area (Å²) >= 11 is 0. The quantitative estimate of drug-likeness (QED) is 0.238. The van der Waals surface area contributed by atoms with E-state index in [0.29, 0.717) is 0 Å². The number of halogens is 2. The number of fused-ring (bicyclic) bond motifs is 2. The third kappa shape index (κ3) is 11.6. The predicted molar refractivity (Wildman–Crippen MR) is 170 cm³/mol. The molecule has 4 aromatic rings. The minimum atomic E-state index is -0.729. The van der Waals surface area contributed by atoms with Crippen molar-refractivity contribution in [1.82, 2.24) is 0 Å². The van der Waals surface area contributed by atoms with Crippen LogP contribution < -0.4 is 33.7 Å². The van der Waals surface area contributed by atoms with Gasteiger partial charge in [0.2, 0.25) is 0 Å². The van der Waals surface area contributed by atoms with Gasteiger partial charge in [0.05, 0.1) is 0 Å². The van der Waals surface area contributed by atoms with Gasteiger partial charge < -0.3 is 33.7 Å². The van der Waals surface area contributed by atoms with Crippen LogP contribution in [-0.2, 0) is 37.0 Å². The van der Waals surface area contributed by atoms with Gasteiger partial charge in [0.25, 0.3) is 18.1 Å². The van der Waals surface area contributed by atoms with Gasteiger partial charge in [-0.1, -0.05) is 77.9 Å². The number of hydrogen-bond donors (Lipinski definition) is 0. The van der Waals surface area contributed by atoms with Crippen molar-refractivity contribution < 1.29 is 59.9 Å². The van der Waals surface area contributed by atoms with Gasteiger partial charge in [-0.3, -0.25) is 0 Å². The van der Waals surface area contributed by atoms with E-state index in [1.807, 2.05) is 0 Å². The summed E-state index contributed by atoms with van der Waals surface area (Å²) in [4.78, 5) is 0. The molecule has 0 saturated carbocycles. The molecule has 0 aliphatic heterocycles. The molecule has 4 aromatic carbocycles. The summed E-state index contributed by atoms with van der Waals surface area (Å²) in [6.07, 6.45) is 0. The maximum absolute atomic E-state index is 6.13. The Bertz CT molecular complexity index is 1170. The molecule has 0 spiro atoms. The van der Waals surface area contributed by atoms with Crippen LogP contribution in [0.5, 0.6) is 11.5 Å². The maximum atomic E-state index is 6.13. The van der Waals surface area contributed by atoms with E-state index in [1.165, 1.54) is 32.7 Å². The van der Waals surface area contributed by atoms with Crippen molar-refractivity contribution in [3.8, 4) is 11.5 Å². The average Bonchev–Trinajstić information content (AvgIpc) is 3.33. The Hall–Kier alpha value is -0.626. The molecule has 0 fully saturated rings. The summed E-state index contributed by atoms with van der Waals surface area (Å²) in [7, 11) is -0.375. The average molecular weight is 709 g/mol. The van der Waals surface area contributed by atoms with E-state index < -0.39 is 18.1 Å². The molecule has 0 aliphatic rings. The van der Waals surface area contributed by atoms with Crippen molar-refractivity contribution in [3.05, 3.63) is 71.8 Å². The summed E-state index contributed by atoms with van der Waals surface area (Å²) in [5.41, 5.74) is 2.91. The second kappa shape index (κ2) is 18.1. The zero-order chi connectivity index (χ0) is 28.0. The first-order valence-corrected chi connectivity index (χ1v) is 19.9. The molecule has 4 rings (SSSR count). The Kier molecular flexibility index (Phi) is 18.8. The normalized spacial score (nSPS) is 10.9. The third-order valence-corrected chi connectivity index (χ3v) is 6.95. The Morgan fingerprint density at radius 3 is 1.12 bits per heavy atom. The molecule has 40 heavy (non-hydrogen) atoms. The summed E-state index contributed by atoms with van der Waals surface area (Å²) in [5.74, 6) is 2.21. The van der Waals surface area contributed by atoms with Crippen LogP contribution in [0.3, 0.4) is 0 Å². The van der Waals surface area contributed by atoms with E-state index in [-0.39, 0.29) is 61.8 Å². The molecule has 0 atom stereocenters. The first-order chi connectivity index (χ1) is 17.2. The Morgan fingerprint density at radius 1 is 0.600 bits per heavy atom. The standard InChI is InChI=1S/2C15H20OSi.C2H6Si.2ClH.Zr/c2*1-15(2,3)13-10-11-8-6-7-9-12(11)14(13)16-17(4)5;1-3-2;;;/h2*6-10H,1-5H3;1-2H3;2*1H;/q2*-1;;;;+4/p-2. The second-order valence-corrected chi connectivity index (χ2v) is 17.0. The fourth-order valence-electron chi connectivity index (χ4n) is 4.13. The third-order valence-electron chi connectivity index (χ3n) is 5.73. The molecule has 0 aromatic heterocycles. The Balaban J connectivity index is 0. The molecule has 0 saturated heterocycles. The van der Waals surface area contributed by atoms with Crippen molar-refractivity contribution in [3.63, 3.8) is 0 Å². The van der Waals surface area contributed by atoms with Crippen molar-refractivity contribution in [1.29, 1.82) is 0 Å². The smallest absolute Gasteiger partial charge is 1.00 e. The zero-order valence-electron chi connectivity index (χ0n) is 26.3. The molecular weight excluding hydrogens is 663 g/mol. The van der Waals surface area contributed by atoms with Gasteiger partial charge in [0, 0.05) is 21.0 Å². The van der Waals surface area contributed by atoms with Crippen LogP contribution >= 0.6 is 0 Å². The fraction of sp³-hybridized carbons (Fsp3) is 0.438. The minimum Gasteiger partial charge on any atom is -1.00 e. The van der Waals surface area contributed by atoms with E-state index in [4.69, 9.17) is 8.85 Å². The van der Waals surface area contributed by atoms with Crippen LogP contribution in [-0.4, -0.2) is 27.6 Å². The fourth-order valence-corrected chi connectivity index (χ4v) is 5.39. The van der Waals surface area contributed by atoms with E-state index in [1.54, 1.807) is 0 Å². The van der Waals surface area contributed by atoms with Crippen LogP contribution in [0, 0.1) is 0 Å². The van der Waals surface area contributed by atoms with Crippen LogP contribution in [0.15, 0.2) is 60.7 Å². The van der Waals surface area contributed by atoms with Gasteiger partial charge in [-0.15, -0.1) is 57.9 Å². The Labute approximate surface area is 282 Å². The molecule has 0 N–H and O–H groups in total. The van der Waals surface area contributed by atoms with Gasteiger partial charge in [0.1, 0.15) is 0 Å². The van der Waals surface area contributed by atoms with Crippen LogP contribution in [0.4, 0.5) is 0 Å². The van der Waals surface area contributed by atoms with Crippen molar-refractivity contribution in [2.24, 2.45) is 0 Å². The molecule has 2 nitrogen and oxygen atoms in total. The van der Waals surface area contributed by atoms with Gasteiger partial charge in [-0.2, -0.15) is 12.1 Å². The Morgan fingerprint density at radius 2 is 0.875 bits per heavy atom. The number of rotatable bonds is 4. The summed E-state index contributed by atoms with van der Waals surface area (Å²) in [6.45, 7) is 26.5. The second-order valence-electron chi connectivity index (χ2n) is 12.0. The maximum Gasteiger partial charge on any atom is 4.00 e. The van der Waals surface area contributed by atoms with Crippen LogP contribution in [0.2, 0.25) is 39.3 Å². The van der Waals surface area contributed by atoms with Gasteiger partial charge in [-0.05, 0) is 37.0 Å². The molecule has 216 valence electrons. The van der Waals surface area contributed by atoms with Gasteiger partial charge in [0.15, 0.2) is 0 Å². The largest absolute Gasteiger partial charge is 4.00 e. The number of benzene rings is 2. The summed E-state index contributed by atoms with van der Waals surface area (Å²) in [5, 5.41) is 5.08.